The Kier molecular flexibility index (Phi) is 7.32. The van der Waals surface area contributed by atoms with Gasteiger partial charge >= 0.3 is 12.4 Å². The highest BCUT2D eigenvalue weighted by Gasteiger charge is 2.32. The first-order valence-electron chi connectivity index (χ1n) is 10.8. The van der Waals surface area contributed by atoms with E-state index in [9.17, 15) is 18.0 Å². The summed E-state index contributed by atoms with van der Waals surface area (Å²) in [5, 5.41) is 9.86. The highest BCUT2D eigenvalue weighted by molar-refractivity contribution is 6.30. The van der Waals surface area contributed by atoms with Gasteiger partial charge in [-0.3, -0.25) is 5.01 Å². The van der Waals surface area contributed by atoms with Crippen molar-refractivity contribution in [1.82, 2.24) is 10.3 Å². The number of halogens is 4. The van der Waals surface area contributed by atoms with Gasteiger partial charge in [-0.1, -0.05) is 29.8 Å². The van der Waals surface area contributed by atoms with Crippen LogP contribution in [0, 0.1) is 5.92 Å². The van der Waals surface area contributed by atoms with Crippen LogP contribution < -0.4 is 20.4 Å². The maximum Gasteiger partial charge on any atom is 0.573 e. The first kappa shape index (κ1) is 24.6. The van der Waals surface area contributed by atoms with Gasteiger partial charge in [0.05, 0.1) is 5.69 Å². The molecule has 2 amide bonds. The predicted octanol–water partition coefficient (Wildman–Crippen LogP) is 5.58. The van der Waals surface area contributed by atoms with Gasteiger partial charge in [-0.2, -0.15) is 5.01 Å². The fraction of sp³-hybridized carbons (Fsp3) is 0.250. The van der Waals surface area contributed by atoms with Gasteiger partial charge in [-0.25, -0.2) is 9.79 Å². The molecule has 2 atom stereocenters. The minimum Gasteiger partial charge on any atom is -0.406 e. The number of nitrogens with one attached hydrogen (secondary N) is 2. The summed E-state index contributed by atoms with van der Waals surface area (Å²) >= 11 is 5.85. The maximum absolute atomic E-state index is 12.4. The van der Waals surface area contributed by atoms with Gasteiger partial charge in [-0.15, -0.1) is 13.2 Å². The van der Waals surface area contributed by atoms with Crippen LogP contribution in [0.3, 0.4) is 0 Å². The number of carbonyl (C=O) groups excluding carboxylic acids is 1. The fourth-order valence-electron chi connectivity index (χ4n) is 3.73. The molecule has 0 spiro atoms. The molecular formula is C24H23ClF3N5O2. The van der Waals surface area contributed by atoms with Gasteiger partial charge in [-0.05, 0) is 66.4 Å². The quantitative estimate of drug-likeness (QED) is 0.537. The molecule has 184 valence electrons. The van der Waals surface area contributed by atoms with Crippen LogP contribution in [0.1, 0.15) is 6.42 Å². The molecular weight excluding hydrogens is 483 g/mol. The number of alkyl halides is 3. The number of aliphatic imine (C=N–C) groups is 1. The fourth-order valence-corrected chi connectivity index (χ4v) is 3.86. The van der Waals surface area contributed by atoms with Gasteiger partial charge in [0.1, 0.15) is 18.3 Å². The summed E-state index contributed by atoms with van der Waals surface area (Å²) in [6.45, 7) is 0.474. The molecule has 0 radical (unpaired) electrons. The number of allylic oxidation sites excluding steroid dienone is 1. The van der Waals surface area contributed by atoms with Crippen molar-refractivity contribution in [2.45, 2.75) is 18.9 Å². The lowest BCUT2D eigenvalue weighted by Gasteiger charge is -2.29. The van der Waals surface area contributed by atoms with Crippen LogP contribution in [-0.2, 0) is 0 Å². The lowest BCUT2D eigenvalue weighted by atomic mass is 9.95. The first-order chi connectivity index (χ1) is 16.7. The van der Waals surface area contributed by atoms with Crippen LogP contribution in [-0.4, -0.2) is 43.5 Å². The molecule has 4 rings (SSSR count). The molecule has 0 saturated carbocycles. The van der Waals surface area contributed by atoms with Gasteiger partial charge in [0.2, 0.25) is 0 Å². The average Bonchev–Trinajstić information content (AvgIpc) is 3.20. The zero-order valence-electron chi connectivity index (χ0n) is 18.7. The van der Waals surface area contributed by atoms with E-state index in [0.717, 1.165) is 12.0 Å². The molecule has 2 N–H and O–H groups in total. The Labute approximate surface area is 205 Å². The molecule has 1 aliphatic carbocycles. The van der Waals surface area contributed by atoms with Crippen LogP contribution in [0.5, 0.6) is 5.75 Å². The number of nitrogens with zero attached hydrogens (tertiary/aromatic N) is 3. The maximum atomic E-state index is 12.4. The van der Waals surface area contributed by atoms with E-state index in [1.165, 1.54) is 24.3 Å². The molecule has 1 aliphatic heterocycles. The number of amides is 2. The van der Waals surface area contributed by atoms with Crippen LogP contribution in [0.25, 0.3) is 0 Å². The Bertz CT molecular complexity index is 1130. The van der Waals surface area contributed by atoms with E-state index in [-0.39, 0.29) is 23.9 Å². The predicted molar refractivity (Wildman–Crippen MR) is 129 cm³/mol. The summed E-state index contributed by atoms with van der Waals surface area (Å²) in [5.74, 6) is -0.140. The lowest BCUT2D eigenvalue weighted by Crippen LogP contribution is -2.40. The number of benzene rings is 2. The summed E-state index contributed by atoms with van der Waals surface area (Å²) in [4.78, 5) is 16.7. The highest BCUT2D eigenvalue weighted by Crippen LogP contribution is 2.30. The smallest absolute Gasteiger partial charge is 0.406 e. The molecule has 2 aromatic carbocycles. The largest absolute Gasteiger partial charge is 0.573 e. The summed E-state index contributed by atoms with van der Waals surface area (Å²) in [7, 11) is 1.85. The standard InChI is InChI=1S/C24H23ClF3N5O2/c1-32-22(30-15-33(32)20-10-12-21(13-11-20)35-24(26,27)28)17-4-2-16(3-5-17)14-29-23(34)31-19-8-6-18(25)7-9-19/h2,4-13,15-16,22H,3,14H2,1H3,(H2,29,31,34). The van der Waals surface area contributed by atoms with Crippen LogP contribution >= 0.6 is 11.6 Å². The van der Waals surface area contributed by atoms with Crippen LogP contribution in [0.4, 0.5) is 29.3 Å². The van der Waals surface area contributed by atoms with E-state index in [0.29, 0.717) is 22.9 Å². The number of hydrazine groups is 1. The minimum atomic E-state index is -4.73. The molecule has 7 nitrogen and oxygen atoms in total. The second-order valence-electron chi connectivity index (χ2n) is 8.00. The SMILES string of the molecule is CN1C(C2=CCC(CNC(=O)Nc3ccc(Cl)cc3)C=C2)N=CN1c1ccc(OC(F)(F)F)cc1. The number of anilines is 2. The summed E-state index contributed by atoms with van der Waals surface area (Å²) in [5.41, 5.74) is 2.30. The number of ether oxygens (including phenoxy) is 1. The molecule has 2 aromatic rings. The molecule has 35 heavy (non-hydrogen) atoms. The van der Waals surface area contributed by atoms with E-state index in [2.05, 4.69) is 26.4 Å². The number of urea groups is 1. The molecule has 0 bridgehead atoms. The summed E-state index contributed by atoms with van der Waals surface area (Å²) in [6, 6.07) is 12.2. The molecule has 11 heteroatoms. The molecule has 1 heterocycles. The zero-order chi connectivity index (χ0) is 25.0. The van der Waals surface area contributed by atoms with Crippen molar-refractivity contribution in [2.24, 2.45) is 10.9 Å². The number of likely N-dealkylation sites (N-methyl/N-ethyl adjacent to an activating group) is 1. The lowest BCUT2D eigenvalue weighted by molar-refractivity contribution is -0.274. The monoisotopic (exact) mass is 505 g/mol. The van der Waals surface area contributed by atoms with Gasteiger partial charge < -0.3 is 15.4 Å². The topological polar surface area (TPSA) is 69.2 Å². The van der Waals surface area contributed by atoms with Gasteiger partial charge in [0.25, 0.3) is 0 Å². The number of rotatable bonds is 6. The third-order valence-electron chi connectivity index (χ3n) is 5.49. The number of carbonyl (C=O) groups is 1. The van der Waals surface area contributed by atoms with E-state index in [4.69, 9.17) is 11.6 Å². The van der Waals surface area contributed by atoms with Gasteiger partial charge in [0, 0.05) is 24.3 Å². The van der Waals surface area contributed by atoms with Crippen molar-refractivity contribution in [2.75, 3.05) is 23.9 Å². The number of hydrogen-bond acceptors (Lipinski definition) is 5. The van der Waals surface area contributed by atoms with Crippen molar-refractivity contribution in [3.8, 4) is 5.75 Å². The third kappa shape index (κ3) is 6.55. The number of hydrogen-bond donors (Lipinski definition) is 2. The average molecular weight is 506 g/mol. The normalized spacial score (nSPS) is 20.0. The molecule has 0 saturated heterocycles. The Morgan fingerprint density at radius 2 is 1.89 bits per heavy atom. The third-order valence-corrected chi connectivity index (χ3v) is 5.74. The second kappa shape index (κ2) is 10.4. The summed E-state index contributed by atoms with van der Waals surface area (Å²) < 4.78 is 41.0. The Balaban J connectivity index is 1.27. The Morgan fingerprint density at radius 3 is 2.51 bits per heavy atom. The Morgan fingerprint density at radius 1 is 1.17 bits per heavy atom. The first-order valence-corrected chi connectivity index (χ1v) is 11.2. The van der Waals surface area contributed by atoms with E-state index in [1.807, 2.05) is 24.2 Å². The second-order valence-corrected chi connectivity index (χ2v) is 8.44. The zero-order valence-corrected chi connectivity index (χ0v) is 19.4. The van der Waals surface area contributed by atoms with Crippen molar-refractivity contribution >= 4 is 35.3 Å². The highest BCUT2D eigenvalue weighted by atomic mass is 35.5. The van der Waals surface area contributed by atoms with Crippen molar-refractivity contribution in [1.29, 1.82) is 0 Å². The van der Waals surface area contributed by atoms with E-state index >= 15 is 0 Å². The Hall–Kier alpha value is -3.50. The van der Waals surface area contributed by atoms with Crippen molar-refractivity contribution < 1.29 is 22.7 Å². The van der Waals surface area contributed by atoms with Gasteiger partial charge in [0.15, 0.2) is 0 Å². The van der Waals surface area contributed by atoms with Crippen LogP contribution in [0.2, 0.25) is 5.02 Å². The van der Waals surface area contributed by atoms with Crippen molar-refractivity contribution in [3.05, 3.63) is 77.4 Å². The van der Waals surface area contributed by atoms with E-state index in [1.54, 1.807) is 35.6 Å². The molecule has 2 unspecified atom stereocenters. The minimum absolute atomic E-state index is 0.141. The van der Waals surface area contributed by atoms with Crippen LogP contribution in [0.15, 0.2) is 77.3 Å². The van der Waals surface area contributed by atoms with E-state index < -0.39 is 6.36 Å². The molecule has 0 fully saturated rings. The molecule has 2 aliphatic rings. The summed E-state index contributed by atoms with van der Waals surface area (Å²) in [6.07, 6.45) is 3.46. The molecule has 0 aromatic heterocycles. The van der Waals surface area contributed by atoms with Crippen molar-refractivity contribution in [3.63, 3.8) is 0 Å².